The molecule has 2 aromatic carbocycles. The highest BCUT2D eigenvalue weighted by Gasteiger charge is 2.18. The molecule has 140 valence electrons. The predicted molar refractivity (Wildman–Crippen MR) is 111 cm³/mol. The van der Waals surface area contributed by atoms with Crippen LogP contribution in [-0.2, 0) is 17.8 Å². The lowest BCUT2D eigenvalue weighted by molar-refractivity contribution is -0.117. The molecule has 1 aliphatic rings. The third kappa shape index (κ3) is 5.03. The van der Waals surface area contributed by atoms with Crippen molar-refractivity contribution in [3.8, 4) is 0 Å². The zero-order chi connectivity index (χ0) is 19.1. The van der Waals surface area contributed by atoms with Gasteiger partial charge in [-0.1, -0.05) is 67.1 Å². The van der Waals surface area contributed by atoms with E-state index in [-0.39, 0.29) is 5.78 Å². The second kappa shape index (κ2) is 9.45. The Bertz CT molecular complexity index is 847. The molecule has 0 heterocycles. The van der Waals surface area contributed by atoms with Gasteiger partial charge in [0.15, 0.2) is 5.78 Å². The van der Waals surface area contributed by atoms with Crippen LogP contribution in [-0.4, -0.2) is 24.0 Å². The summed E-state index contributed by atoms with van der Waals surface area (Å²) in [6.45, 7) is 3.59. The molecule has 0 saturated carbocycles. The molecule has 27 heavy (non-hydrogen) atoms. The summed E-state index contributed by atoms with van der Waals surface area (Å²) in [5, 5.41) is 12.3. The zero-order valence-corrected chi connectivity index (χ0v) is 15.9. The minimum atomic E-state index is -0.445. The number of ketones is 1. The van der Waals surface area contributed by atoms with E-state index in [2.05, 4.69) is 48.6 Å². The normalized spacial score (nSPS) is 13.4. The standard InChI is InChI=1S/C24H27NO2/c1-2-20-15-21-5-3-4-6-23(21)24(20)13-14-25-16-19-9-7-18(8-10-19)11-12-22(27)17-26/h3-12,25-26H,2,13-17H2,1H3/b12-11+. The van der Waals surface area contributed by atoms with Crippen LogP contribution in [0.2, 0.25) is 0 Å². The topological polar surface area (TPSA) is 49.3 Å². The van der Waals surface area contributed by atoms with Gasteiger partial charge in [0.1, 0.15) is 6.61 Å². The van der Waals surface area contributed by atoms with Crippen molar-refractivity contribution in [3.05, 3.63) is 82.4 Å². The van der Waals surface area contributed by atoms with Crippen molar-refractivity contribution in [2.45, 2.75) is 32.7 Å². The average Bonchev–Trinajstić information content (AvgIpc) is 3.08. The Morgan fingerprint density at radius 2 is 1.93 bits per heavy atom. The molecule has 1 aliphatic carbocycles. The van der Waals surface area contributed by atoms with E-state index in [4.69, 9.17) is 5.11 Å². The molecular weight excluding hydrogens is 334 g/mol. The van der Waals surface area contributed by atoms with Crippen LogP contribution in [0.3, 0.4) is 0 Å². The van der Waals surface area contributed by atoms with Crippen molar-refractivity contribution in [2.24, 2.45) is 0 Å². The van der Waals surface area contributed by atoms with Crippen LogP contribution in [0.5, 0.6) is 0 Å². The van der Waals surface area contributed by atoms with Crippen LogP contribution in [0.25, 0.3) is 11.6 Å². The maximum Gasteiger partial charge on any atom is 0.181 e. The Balaban J connectivity index is 1.50. The summed E-state index contributed by atoms with van der Waals surface area (Å²) in [6.07, 6.45) is 6.43. The minimum absolute atomic E-state index is 0.282. The van der Waals surface area contributed by atoms with E-state index in [1.165, 1.54) is 28.3 Å². The Morgan fingerprint density at radius 3 is 2.67 bits per heavy atom. The van der Waals surface area contributed by atoms with Gasteiger partial charge in [-0.2, -0.15) is 0 Å². The SMILES string of the molecule is CCC1=C(CCNCc2ccc(/C=C/C(=O)CO)cc2)c2ccccc2C1. The first kappa shape index (κ1) is 19.3. The molecule has 0 unspecified atom stereocenters. The first-order chi connectivity index (χ1) is 13.2. The van der Waals surface area contributed by atoms with Gasteiger partial charge in [0.25, 0.3) is 0 Å². The molecule has 2 N–H and O–H groups in total. The summed E-state index contributed by atoms with van der Waals surface area (Å²) >= 11 is 0. The van der Waals surface area contributed by atoms with Gasteiger partial charge < -0.3 is 10.4 Å². The third-order valence-electron chi connectivity index (χ3n) is 5.08. The number of rotatable bonds is 9. The van der Waals surface area contributed by atoms with Crippen molar-refractivity contribution >= 4 is 17.4 Å². The van der Waals surface area contributed by atoms with E-state index in [0.29, 0.717) is 0 Å². The fraction of sp³-hybridized carbons (Fsp3) is 0.292. The number of benzene rings is 2. The number of aliphatic hydroxyl groups excluding tert-OH is 1. The predicted octanol–water partition coefficient (Wildman–Crippen LogP) is 4.16. The summed E-state index contributed by atoms with van der Waals surface area (Å²) in [5.41, 5.74) is 8.18. The Labute approximate surface area is 161 Å². The third-order valence-corrected chi connectivity index (χ3v) is 5.08. The minimum Gasteiger partial charge on any atom is -0.388 e. The average molecular weight is 361 g/mol. The molecule has 0 spiro atoms. The Kier molecular flexibility index (Phi) is 6.74. The molecule has 2 aromatic rings. The lowest BCUT2D eigenvalue weighted by Crippen LogP contribution is -2.15. The quantitative estimate of drug-likeness (QED) is 0.521. The van der Waals surface area contributed by atoms with Gasteiger partial charge in [-0.3, -0.25) is 4.79 Å². The van der Waals surface area contributed by atoms with Crippen molar-refractivity contribution in [1.29, 1.82) is 0 Å². The molecule has 3 rings (SSSR count). The van der Waals surface area contributed by atoms with Gasteiger partial charge in [-0.25, -0.2) is 0 Å². The summed E-state index contributed by atoms with van der Waals surface area (Å²) in [7, 11) is 0. The molecule has 3 heteroatoms. The molecule has 0 saturated heterocycles. The van der Waals surface area contributed by atoms with Crippen LogP contribution < -0.4 is 5.32 Å². The zero-order valence-electron chi connectivity index (χ0n) is 15.9. The first-order valence-electron chi connectivity index (χ1n) is 9.62. The lowest BCUT2D eigenvalue weighted by atomic mass is 10.0. The Hall–Kier alpha value is -2.49. The molecule has 0 aliphatic heterocycles. The maximum atomic E-state index is 11.1. The van der Waals surface area contributed by atoms with E-state index in [1.54, 1.807) is 11.6 Å². The number of hydrogen-bond donors (Lipinski definition) is 2. The van der Waals surface area contributed by atoms with Crippen molar-refractivity contribution < 1.29 is 9.90 Å². The van der Waals surface area contributed by atoms with Gasteiger partial charge in [0, 0.05) is 6.54 Å². The van der Waals surface area contributed by atoms with Gasteiger partial charge in [0.05, 0.1) is 0 Å². The number of carbonyl (C=O) groups is 1. The second-order valence-electron chi connectivity index (χ2n) is 6.90. The van der Waals surface area contributed by atoms with Crippen molar-refractivity contribution in [3.63, 3.8) is 0 Å². The van der Waals surface area contributed by atoms with E-state index < -0.39 is 6.61 Å². The molecule has 0 amide bonds. The number of allylic oxidation sites excluding steroid dienone is 1. The fourth-order valence-electron chi connectivity index (χ4n) is 3.58. The van der Waals surface area contributed by atoms with Crippen molar-refractivity contribution in [2.75, 3.05) is 13.2 Å². The van der Waals surface area contributed by atoms with E-state index >= 15 is 0 Å². The number of nitrogens with one attached hydrogen (secondary N) is 1. The van der Waals surface area contributed by atoms with Crippen molar-refractivity contribution in [1.82, 2.24) is 5.32 Å². The largest absolute Gasteiger partial charge is 0.388 e. The summed E-state index contributed by atoms with van der Waals surface area (Å²) < 4.78 is 0. The maximum absolute atomic E-state index is 11.1. The van der Waals surface area contributed by atoms with Gasteiger partial charge in [0.2, 0.25) is 0 Å². The summed E-state index contributed by atoms with van der Waals surface area (Å²) in [4.78, 5) is 11.1. The number of hydrogen-bond acceptors (Lipinski definition) is 3. The van der Waals surface area contributed by atoms with Crippen LogP contribution in [0.4, 0.5) is 0 Å². The number of aliphatic hydroxyl groups is 1. The summed E-state index contributed by atoms with van der Waals surface area (Å²) in [6, 6.07) is 16.9. The van der Waals surface area contributed by atoms with Crippen LogP contribution >= 0.6 is 0 Å². The van der Waals surface area contributed by atoms with E-state index in [0.717, 1.165) is 37.9 Å². The van der Waals surface area contributed by atoms with E-state index in [1.807, 2.05) is 12.1 Å². The Morgan fingerprint density at radius 1 is 1.15 bits per heavy atom. The summed E-state index contributed by atoms with van der Waals surface area (Å²) in [5.74, 6) is -0.282. The van der Waals surface area contributed by atoms with E-state index in [9.17, 15) is 4.79 Å². The highest BCUT2D eigenvalue weighted by molar-refractivity contribution is 5.94. The molecule has 3 nitrogen and oxygen atoms in total. The van der Waals surface area contributed by atoms with Gasteiger partial charge >= 0.3 is 0 Å². The molecule has 0 bridgehead atoms. The molecule has 0 fully saturated rings. The van der Waals surface area contributed by atoms with Crippen LogP contribution in [0.15, 0.2) is 60.2 Å². The van der Waals surface area contributed by atoms with Crippen LogP contribution in [0, 0.1) is 0 Å². The first-order valence-corrected chi connectivity index (χ1v) is 9.62. The number of carbonyl (C=O) groups excluding carboxylic acids is 1. The molecular formula is C24H27NO2. The van der Waals surface area contributed by atoms with Gasteiger partial charge in [-0.15, -0.1) is 0 Å². The smallest absolute Gasteiger partial charge is 0.181 e. The number of fused-ring (bicyclic) bond motifs is 1. The monoisotopic (exact) mass is 361 g/mol. The fourth-order valence-corrected chi connectivity index (χ4v) is 3.58. The van der Waals surface area contributed by atoms with Crippen LogP contribution in [0.1, 0.15) is 42.0 Å². The second-order valence-corrected chi connectivity index (χ2v) is 6.90. The van der Waals surface area contributed by atoms with Gasteiger partial charge in [-0.05, 0) is 59.7 Å². The lowest BCUT2D eigenvalue weighted by Gasteiger charge is -2.09. The molecule has 0 radical (unpaired) electrons. The highest BCUT2D eigenvalue weighted by Crippen LogP contribution is 2.35. The molecule has 0 aromatic heterocycles. The highest BCUT2D eigenvalue weighted by atomic mass is 16.3. The molecule has 0 atom stereocenters.